The summed E-state index contributed by atoms with van der Waals surface area (Å²) in [5, 5.41) is 20.5. The van der Waals surface area contributed by atoms with Crippen molar-refractivity contribution in [1.29, 1.82) is 0 Å². The first-order valence-corrected chi connectivity index (χ1v) is 25.3. The number of amides is 2. The number of anilines is 6. The zero-order valence-corrected chi connectivity index (χ0v) is 38.8. The zero-order chi connectivity index (χ0) is 44.1. The summed E-state index contributed by atoms with van der Waals surface area (Å²) in [7, 11) is -1.08. The second kappa shape index (κ2) is 19.7. The van der Waals surface area contributed by atoms with Gasteiger partial charge in [0.05, 0.1) is 33.8 Å². The van der Waals surface area contributed by atoms with Crippen molar-refractivity contribution in [3.8, 4) is 5.75 Å². The van der Waals surface area contributed by atoms with E-state index in [-0.39, 0.29) is 17.9 Å². The summed E-state index contributed by atoms with van der Waals surface area (Å²) in [6, 6.07) is 16.5. The van der Waals surface area contributed by atoms with E-state index >= 15 is 0 Å². The quantitative estimate of drug-likeness (QED) is 0.0317. The van der Waals surface area contributed by atoms with Crippen molar-refractivity contribution in [3.63, 3.8) is 0 Å². The molecule has 6 N–H and O–H groups in total. The zero-order valence-electron chi connectivity index (χ0n) is 36.3. The summed E-state index contributed by atoms with van der Waals surface area (Å²) >= 11 is 3.60. The molecule has 17 heteroatoms. The monoisotopic (exact) mass is 937 g/mol. The van der Waals surface area contributed by atoms with E-state index in [0.717, 1.165) is 63.4 Å². The maximum Gasteiger partial charge on any atom is 0.249 e. The van der Waals surface area contributed by atoms with Crippen LogP contribution in [0.5, 0.6) is 5.75 Å². The number of benzene rings is 3. The van der Waals surface area contributed by atoms with Gasteiger partial charge in [-0.1, -0.05) is 19.1 Å². The van der Waals surface area contributed by atoms with Crippen molar-refractivity contribution >= 4 is 85.7 Å². The number of methoxy groups -OCH3 is 1. The summed E-state index contributed by atoms with van der Waals surface area (Å²) in [4.78, 5) is 44.3. The standard InChI is InChI=1S/C46H57BrN11O4P/c1-5-29-24-38(55-46-52-27-34(47)44(57-46)54-36-11-10-35-42(51-19-18-50-35)43(36)63(3,4)61)40(62-2)25-39(29)58-20-14-32(15-21-58)49-17-16-48-26-28-22-31(23-28)30-6-8-33(9-7-30)53-37-12-13-41(59)56-45(37)60/h6-11,18-19,24-25,27-28,31-32,37,48-49,53H,5,12-17,20-23,26H2,1-4H3,(H,56,59,60)(H2,52,54,55,57). The highest BCUT2D eigenvalue weighted by atomic mass is 79.9. The van der Waals surface area contributed by atoms with Gasteiger partial charge in [0.1, 0.15) is 30.3 Å². The van der Waals surface area contributed by atoms with Gasteiger partial charge in [-0.25, -0.2) is 4.98 Å². The number of hydrogen-bond acceptors (Lipinski definition) is 14. The summed E-state index contributed by atoms with van der Waals surface area (Å²) in [6.07, 6.45) is 11.2. The van der Waals surface area contributed by atoms with Crippen LogP contribution in [-0.4, -0.2) is 97.0 Å². The molecule has 3 aliphatic rings. The maximum absolute atomic E-state index is 13.5. The lowest BCUT2D eigenvalue weighted by molar-refractivity contribution is -0.133. The van der Waals surface area contributed by atoms with Crippen LogP contribution in [0.25, 0.3) is 11.0 Å². The van der Waals surface area contributed by atoms with Crippen molar-refractivity contribution in [2.75, 3.05) is 74.0 Å². The molecule has 5 aromatic rings. The number of fused-ring (bicyclic) bond motifs is 1. The average molecular weight is 939 g/mol. The van der Waals surface area contributed by atoms with Gasteiger partial charge in [-0.2, -0.15) is 4.98 Å². The molecule has 2 amide bonds. The summed E-state index contributed by atoms with van der Waals surface area (Å²) < 4.78 is 20.1. The number of nitrogens with one attached hydrogen (secondary N) is 6. The van der Waals surface area contributed by atoms with Gasteiger partial charge in [-0.3, -0.25) is 24.9 Å². The van der Waals surface area contributed by atoms with Gasteiger partial charge >= 0.3 is 0 Å². The van der Waals surface area contributed by atoms with E-state index in [0.29, 0.717) is 74.7 Å². The average Bonchev–Trinajstić information content (AvgIpc) is 3.26. The minimum absolute atomic E-state index is 0.199. The molecule has 332 valence electrons. The van der Waals surface area contributed by atoms with Gasteiger partial charge in [-0.05, 0) is 128 Å². The lowest BCUT2D eigenvalue weighted by atomic mass is 9.71. The van der Waals surface area contributed by atoms with Crippen molar-refractivity contribution in [2.24, 2.45) is 5.92 Å². The first-order valence-electron chi connectivity index (χ1n) is 21.9. The smallest absolute Gasteiger partial charge is 0.249 e. The minimum Gasteiger partial charge on any atom is -0.494 e. The van der Waals surface area contributed by atoms with E-state index in [2.05, 4.69) is 98.9 Å². The van der Waals surface area contributed by atoms with Crippen molar-refractivity contribution in [2.45, 2.75) is 69.9 Å². The molecule has 1 unspecified atom stereocenters. The van der Waals surface area contributed by atoms with Gasteiger partial charge in [0, 0.05) is 74.7 Å². The molecule has 2 aliphatic heterocycles. The highest BCUT2D eigenvalue weighted by Crippen LogP contribution is 2.43. The molecular weight excluding hydrogens is 881 g/mol. The first-order chi connectivity index (χ1) is 30.4. The molecule has 0 spiro atoms. The van der Waals surface area contributed by atoms with Crippen LogP contribution < -0.4 is 46.8 Å². The molecular formula is C46H57BrN11O4P. The predicted octanol–water partition coefficient (Wildman–Crippen LogP) is 7.05. The van der Waals surface area contributed by atoms with Crippen LogP contribution in [0.15, 0.2) is 71.6 Å². The van der Waals surface area contributed by atoms with E-state index < -0.39 is 7.14 Å². The van der Waals surface area contributed by atoms with E-state index in [1.165, 1.54) is 29.7 Å². The number of halogens is 1. The van der Waals surface area contributed by atoms with Gasteiger partial charge in [0.2, 0.25) is 17.8 Å². The van der Waals surface area contributed by atoms with Gasteiger partial charge in [-0.15, -0.1) is 0 Å². The molecule has 4 heterocycles. The first kappa shape index (κ1) is 44.5. The molecule has 0 bridgehead atoms. The maximum atomic E-state index is 13.5. The van der Waals surface area contributed by atoms with Crippen LogP contribution in [0.2, 0.25) is 0 Å². The molecule has 8 rings (SSSR count). The third kappa shape index (κ3) is 10.6. The van der Waals surface area contributed by atoms with Gasteiger partial charge in [0.25, 0.3) is 0 Å². The summed E-state index contributed by atoms with van der Waals surface area (Å²) in [6.45, 7) is 10.5. The number of aryl methyl sites for hydroxylation is 1. The van der Waals surface area contributed by atoms with E-state index in [4.69, 9.17) is 9.72 Å². The largest absolute Gasteiger partial charge is 0.494 e. The fraction of sp³-hybridized carbons (Fsp3) is 0.435. The molecule has 15 nitrogen and oxygen atoms in total. The number of carbonyl (C=O) groups is 2. The van der Waals surface area contributed by atoms with E-state index in [1.54, 1.807) is 39.0 Å². The fourth-order valence-corrected chi connectivity index (χ4v) is 10.6. The number of carbonyl (C=O) groups excluding carboxylic acids is 2. The Morgan fingerprint density at radius 3 is 2.44 bits per heavy atom. The molecule has 1 atom stereocenters. The van der Waals surface area contributed by atoms with Gasteiger partial charge in [0.15, 0.2) is 0 Å². The Balaban J connectivity index is 0.791. The van der Waals surface area contributed by atoms with Crippen LogP contribution >= 0.6 is 23.1 Å². The van der Waals surface area contributed by atoms with Crippen molar-refractivity contribution < 1.29 is 18.9 Å². The van der Waals surface area contributed by atoms with Crippen LogP contribution in [0.1, 0.15) is 62.5 Å². The molecule has 63 heavy (non-hydrogen) atoms. The number of rotatable bonds is 17. The second-order valence-corrected chi connectivity index (χ2v) is 21.1. The van der Waals surface area contributed by atoms with Crippen molar-refractivity contribution in [1.82, 2.24) is 35.9 Å². The summed E-state index contributed by atoms with van der Waals surface area (Å²) in [5.41, 5.74) is 7.36. The molecule has 3 aromatic carbocycles. The Hall–Kier alpha value is -5.15. The Bertz CT molecular complexity index is 2490. The minimum atomic E-state index is -2.76. The number of piperidine rings is 2. The Kier molecular flexibility index (Phi) is 13.9. The van der Waals surface area contributed by atoms with E-state index in [1.807, 2.05) is 24.3 Å². The van der Waals surface area contributed by atoms with Crippen LogP contribution in [-0.2, 0) is 20.6 Å². The highest BCUT2D eigenvalue weighted by Gasteiger charge is 2.31. The fourth-order valence-electron chi connectivity index (χ4n) is 8.94. The van der Waals surface area contributed by atoms with Crippen molar-refractivity contribution in [3.05, 3.63) is 82.7 Å². The molecule has 2 saturated heterocycles. The molecule has 1 aliphatic carbocycles. The van der Waals surface area contributed by atoms with Crippen LogP contribution in [0.3, 0.4) is 0 Å². The van der Waals surface area contributed by atoms with E-state index in [9.17, 15) is 14.2 Å². The SMILES string of the molecule is CCc1cc(Nc2ncc(Br)c(Nc3ccc4nccnc4c3P(C)(C)=O)n2)c(OC)cc1N1CCC(NCCNCC2CC(c3ccc(NC4CCC(=O)NC4=O)cc3)C2)CC1. The molecule has 3 fully saturated rings. The molecule has 1 saturated carbocycles. The Morgan fingerprint density at radius 2 is 1.71 bits per heavy atom. The second-order valence-electron chi connectivity index (χ2n) is 17.1. The Labute approximate surface area is 377 Å². The number of hydrogen-bond donors (Lipinski definition) is 6. The summed E-state index contributed by atoms with van der Waals surface area (Å²) in [5.74, 6) is 2.42. The van der Waals surface area contributed by atoms with Crippen LogP contribution in [0, 0.1) is 5.92 Å². The highest BCUT2D eigenvalue weighted by molar-refractivity contribution is 9.10. The van der Waals surface area contributed by atoms with Gasteiger partial charge < -0.3 is 40.8 Å². The molecule has 0 radical (unpaired) electrons. The lowest BCUT2D eigenvalue weighted by Crippen LogP contribution is -2.47. The number of aromatic nitrogens is 4. The third-order valence-electron chi connectivity index (χ3n) is 12.4. The molecule has 2 aromatic heterocycles. The topological polar surface area (TPSA) is 187 Å². The number of nitrogens with zero attached hydrogens (tertiary/aromatic N) is 5. The predicted molar refractivity (Wildman–Crippen MR) is 255 cm³/mol. The normalized spacial score (nSPS) is 19.4. The number of ether oxygens (including phenoxy) is 1. The lowest BCUT2D eigenvalue weighted by Gasteiger charge is -2.36. The third-order valence-corrected chi connectivity index (χ3v) is 14.5. The van der Waals surface area contributed by atoms with Crippen LogP contribution in [0.4, 0.5) is 34.5 Å². The number of imide groups is 1. The Morgan fingerprint density at radius 1 is 0.937 bits per heavy atom.